The van der Waals surface area contributed by atoms with Gasteiger partial charge in [-0.1, -0.05) is 6.07 Å². The van der Waals surface area contributed by atoms with E-state index in [-0.39, 0.29) is 18.0 Å². The molecular formula is C17H20F2N4O. The highest BCUT2D eigenvalue weighted by atomic mass is 19.2. The van der Waals surface area contributed by atoms with Crippen molar-refractivity contribution in [3.05, 3.63) is 52.9 Å². The summed E-state index contributed by atoms with van der Waals surface area (Å²) in [6.07, 6.45) is 0.734. The first kappa shape index (κ1) is 16.6. The Kier molecular flexibility index (Phi) is 4.36. The van der Waals surface area contributed by atoms with Crippen molar-refractivity contribution in [2.45, 2.75) is 25.4 Å². The molecule has 1 N–H and O–H groups in total. The van der Waals surface area contributed by atoms with Gasteiger partial charge in [-0.25, -0.2) is 8.78 Å². The Morgan fingerprint density at radius 3 is 2.62 bits per heavy atom. The van der Waals surface area contributed by atoms with Crippen LogP contribution in [0.25, 0.3) is 0 Å². The fourth-order valence-corrected chi connectivity index (χ4v) is 3.20. The molecule has 2 heterocycles. The number of aryl methyl sites for hydroxylation is 2. The second kappa shape index (κ2) is 6.32. The maximum absolute atomic E-state index is 13.6. The van der Waals surface area contributed by atoms with Gasteiger partial charge in [0.15, 0.2) is 11.6 Å². The number of aromatic nitrogens is 2. The van der Waals surface area contributed by atoms with Crippen molar-refractivity contribution >= 4 is 5.91 Å². The zero-order valence-corrected chi connectivity index (χ0v) is 13.9. The summed E-state index contributed by atoms with van der Waals surface area (Å²) < 4.78 is 28.4. The van der Waals surface area contributed by atoms with Crippen LogP contribution >= 0.6 is 0 Å². The Labute approximate surface area is 139 Å². The fraction of sp³-hybridized carbons (Fsp3) is 0.412. The normalized spacial score (nSPS) is 21.2. The maximum Gasteiger partial charge on any atom is 0.272 e. The molecule has 5 nitrogen and oxygen atoms in total. The van der Waals surface area contributed by atoms with Crippen molar-refractivity contribution in [1.29, 1.82) is 0 Å². The van der Waals surface area contributed by atoms with Crippen LogP contribution in [0.1, 0.15) is 34.2 Å². The lowest BCUT2D eigenvalue weighted by Crippen LogP contribution is -2.39. The minimum absolute atomic E-state index is 0.185. The van der Waals surface area contributed by atoms with Crippen molar-refractivity contribution in [3.63, 3.8) is 0 Å². The van der Waals surface area contributed by atoms with Crippen molar-refractivity contribution < 1.29 is 13.6 Å². The van der Waals surface area contributed by atoms with Gasteiger partial charge in [0.05, 0.1) is 12.1 Å². The van der Waals surface area contributed by atoms with Gasteiger partial charge >= 0.3 is 0 Å². The molecule has 1 aromatic carbocycles. The summed E-state index contributed by atoms with van der Waals surface area (Å²) in [4.78, 5) is 14.5. The molecule has 2 aromatic rings. The molecule has 1 amide bonds. The number of rotatable bonds is 3. The van der Waals surface area contributed by atoms with Crippen LogP contribution in [-0.2, 0) is 7.05 Å². The van der Waals surface area contributed by atoms with Gasteiger partial charge in [-0.3, -0.25) is 14.4 Å². The number of nitrogens with one attached hydrogen (secondary N) is 1. The van der Waals surface area contributed by atoms with E-state index in [2.05, 4.69) is 10.4 Å². The number of hydrogen-bond acceptors (Lipinski definition) is 3. The van der Waals surface area contributed by atoms with Crippen molar-refractivity contribution in [1.82, 2.24) is 20.0 Å². The molecule has 0 spiro atoms. The summed E-state index contributed by atoms with van der Waals surface area (Å²) in [5.41, 5.74) is 1.89. The second-order valence-corrected chi connectivity index (χ2v) is 6.26. The van der Waals surface area contributed by atoms with Crippen LogP contribution in [0.3, 0.4) is 0 Å². The zero-order chi connectivity index (χ0) is 17.4. The minimum Gasteiger partial charge on any atom is -0.346 e. The van der Waals surface area contributed by atoms with Crippen LogP contribution in [-0.4, -0.2) is 40.2 Å². The predicted octanol–water partition coefficient (Wildman–Crippen LogP) is 2.18. The van der Waals surface area contributed by atoms with Crippen LogP contribution in [0.2, 0.25) is 0 Å². The van der Waals surface area contributed by atoms with E-state index in [1.807, 2.05) is 18.9 Å². The lowest BCUT2D eigenvalue weighted by molar-refractivity contribution is 0.0922. The number of carbonyl (C=O) groups is 1. The van der Waals surface area contributed by atoms with E-state index < -0.39 is 11.6 Å². The van der Waals surface area contributed by atoms with Gasteiger partial charge in [-0.2, -0.15) is 5.10 Å². The predicted molar refractivity (Wildman–Crippen MR) is 85.5 cm³/mol. The Bertz CT molecular complexity index is 754. The quantitative estimate of drug-likeness (QED) is 0.936. The molecule has 2 unspecified atom stereocenters. The largest absolute Gasteiger partial charge is 0.346 e. The molecule has 0 radical (unpaired) electrons. The van der Waals surface area contributed by atoms with Crippen molar-refractivity contribution in [2.24, 2.45) is 7.05 Å². The first-order chi connectivity index (χ1) is 11.4. The minimum atomic E-state index is -0.877. The van der Waals surface area contributed by atoms with Crippen molar-refractivity contribution in [2.75, 3.05) is 13.6 Å². The Morgan fingerprint density at radius 2 is 2.00 bits per heavy atom. The van der Waals surface area contributed by atoms with E-state index in [4.69, 9.17) is 0 Å². The van der Waals surface area contributed by atoms with Gasteiger partial charge in [0.25, 0.3) is 5.91 Å². The molecule has 2 atom stereocenters. The highest BCUT2D eigenvalue weighted by Crippen LogP contribution is 2.31. The lowest BCUT2D eigenvalue weighted by atomic mass is 9.99. The van der Waals surface area contributed by atoms with Crippen molar-refractivity contribution in [3.8, 4) is 0 Å². The third-order valence-corrected chi connectivity index (χ3v) is 4.60. The van der Waals surface area contributed by atoms with E-state index in [9.17, 15) is 13.6 Å². The van der Waals surface area contributed by atoms with Crippen LogP contribution < -0.4 is 5.32 Å². The standard InChI is InChI=1S/C17H20F2N4O/c1-10-8-15(21-23(10)3)17(24)20-14-6-7-22(2)16(14)11-4-5-12(18)13(19)9-11/h4-5,8-9,14,16H,6-7H2,1-3H3,(H,20,24). The molecular weight excluding hydrogens is 314 g/mol. The number of benzene rings is 1. The molecule has 1 aromatic heterocycles. The second-order valence-electron chi connectivity index (χ2n) is 6.26. The van der Waals surface area contributed by atoms with Gasteiger partial charge in [-0.05, 0) is 44.2 Å². The lowest BCUT2D eigenvalue weighted by Gasteiger charge is -2.26. The van der Waals surface area contributed by atoms with Crippen LogP contribution in [0.15, 0.2) is 24.3 Å². The monoisotopic (exact) mass is 334 g/mol. The van der Waals surface area contributed by atoms with Gasteiger partial charge in [0, 0.05) is 19.3 Å². The van der Waals surface area contributed by atoms with E-state index >= 15 is 0 Å². The average Bonchev–Trinajstić information content (AvgIpc) is 3.06. The van der Waals surface area contributed by atoms with Gasteiger partial charge in [0.2, 0.25) is 0 Å². The molecule has 7 heteroatoms. The van der Waals surface area contributed by atoms with E-state index in [0.29, 0.717) is 11.3 Å². The Morgan fingerprint density at radius 1 is 1.25 bits per heavy atom. The average molecular weight is 334 g/mol. The number of likely N-dealkylation sites (N-methyl/N-ethyl adjacent to an activating group) is 1. The molecule has 0 bridgehead atoms. The highest BCUT2D eigenvalue weighted by molar-refractivity contribution is 5.92. The summed E-state index contributed by atoms with van der Waals surface area (Å²) in [6.45, 7) is 2.63. The number of nitrogens with zero attached hydrogens (tertiary/aromatic N) is 3. The molecule has 3 rings (SSSR count). The summed E-state index contributed by atoms with van der Waals surface area (Å²) >= 11 is 0. The summed E-state index contributed by atoms with van der Waals surface area (Å²) in [5, 5.41) is 7.15. The molecule has 1 aliphatic heterocycles. The summed E-state index contributed by atoms with van der Waals surface area (Å²) in [7, 11) is 3.68. The van der Waals surface area contributed by atoms with Gasteiger partial charge in [-0.15, -0.1) is 0 Å². The first-order valence-corrected chi connectivity index (χ1v) is 7.83. The first-order valence-electron chi connectivity index (χ1n) is 7.83. The molecule has 1 saturated heterocycles. The Hall–Kier alpha value is -2.28. The molecule has 0 aliphatic carbocycles. The van der Waals surface area contributed by atoms with E-state index in [0.717, 1.165) is 24.7 Å². The SMILES string of the molecule is Cc1cc(C(=O)NC2CCN(C)C2c2ccc(F)c(F)c2)nn1C. The van der Waals surface area contributed by atoms with Gasteiger partial charge < -0.3 is 5.32 Å². The highest BCUT2D eigenvalue weighted by Gasteiger charge is 2.35. The maximum atomic E-state index is 13.6. The van der Waals surface area contributed by atoms with E-state index in [1.165, 1.54) is 6.07 Å². The number of carbonyl (C=O) groups excluding carboxylic acids is 1. The van der Waals surface area contributed by atoms with Gasteiger partial charge in [0.1, 0.15) is 5.69 Å². The number of likely N-dealkylation sites (tertiary alicyclic amines) is 1. The Balaban J connectivity index is 1.81. The summed E-state index contributed by atoms with van der Waals surface area (Å²) in [5.74, 6) is -2.01. The molecule has 128 valence electrons. The zero-order valence-electron chi connectivity index (χ0n) is 13.9. The number of hydrogen-bond donors (Lipinski definition) is 1. The topological polar surface area (TPSA) is 50.2 Å². The fourth-order valence-electron chi connectivity index (χ4n) is 3.20. The smallest absolute Gasteiger partial charge is 0.272 e. The molecule has 1 aliphatic rings. The van der Waals surface area contributed by atoms with Crippen LogP contribution in [0.5, 0.6) is 0 Å². The number of amides is 1. The third-order valence-electron chi connectivity index (χ3n) is 4.60. The van der Waals surface area contributed by atoms with E-state index in [1.54, 1.807) is 23.9 Å². The molecule has 0 saturated carbocycles. The van der Waals surface area contributed by atoms with Crippen LogP contribution in [0.4, 0.5) is 8.78 Å². The van der Waals surface area contributed by atoms with Crippen LogP contribution in [0, 0.1) is 18.6 Å². The molecule has 1 fully saturated rings. The number of halogens is 2. The summed E-state index contributed by atoms with van der Waals surface area (Å²) in [6, 6.07) is 5.22. The third kappa shape index (κ3) is 3.03. The molecule has 24 heavy (non-hydrogen) atoms.